The highest BCUT2D eigenvalue weighted by molar-refractivity contribution is 5.94. The summed E-state index contributed by atoms with van der Waals surface area (Å²) in [4.78, 5) is 14.0. The first-order valence-corrected chi connectivity index (χ1v) is 7.20. The van der Waals surface area contributed by atoms with E-state index in [-0.39, 0.29) is 17.8 Å². The fourth-order valence-corrected chi connectivity index (χ4v) is 2.49. The van der Waals surface area contributed by atoms with E-state index in [9.17, 15) is 9.18 Å². The van der Waals surface area contributed by atoms with Crippen LogP contribution in [0.15, 0.2) is 48.5 Å². The minimum atomic E-state index is -0.352. The number of halogens is 1. The van der Waals surface area contributed by atoms with Gasteiger partial charge in [-0.3, -0.25) is 4.79 Å². The summed E-state index contributed by atoms with van der Waals surface area (Å²) in [6.45, 7) is 1.29. The average molecular weight is 300 g/mol. The summed E-state index contributed by atoms with van der Waals surface area (Å²) in [5.74, 6) is 0.602. The van der Waals surface area contributed by atoms with Crippen molar-refractivity contribution in [1.82, 2.24) is 4.90 Å². The number of benzene rings is 2. The molecule has 0 unspecified atom stereocenters. The summed E-state index contributed by atoms with van der Waals surface area (Å²) in [6.07, 6.45) is 0.840. The van der Waals surface area contributed by atoms with Crippen LogP contribution in [0.3, 0.4) is 0 Å². The molecule has 2 aromatic rings. The summed E-state index contributed by atoms with van der Waals surface area (Å²) in [6, 6.07) is 12.8. The van der Waals surface area contributed by atoms with Gasteiger partial charge in [0.15, 0.2) is 0 Å². The number of nitrogens with two attached hydrogens (primary N) is 1. The topological polar surface area (TPSA) is 55.6 Å². The van der Waals surface area contributed by atoms with Gasteiger partial charge in [0, 0.05) is 30.8 Å². The number of nitrogens with zero attached hydrogens (tertiary/aromatic N) is 1. The molecule has 1 aliphatic rings. The van der Waals surface area contributed by atoms with Gasteiger partial charge in [-0.2, -0.15) is 0 Å². The van der Waals surface area contributed by atoms with Gasteiger partial charge >= 0.3 is 0 Å². The Labute approximate surface area is 128 Å². The molecule has 3 rings (SSSR count). The number of hydrogen-bond donors (Lipinski definition) is 1. The smallest absolute Gasteiger partial charge is 0.253 e. The summed E-state index contributed by atoms with van der Waals surface area (Å²) in [5, 5.41) is 0. The van der Waals surface area contributed by atoms with E-state index >= 15 is 0 Å². The van der Waals surface area contributed by atoms with E-state index in [2.05, 4.69) is 0 Å². The van der Waals surface area contributed by atoms with E-state index in [0.717, 1.165) is 6.42 Å². The maximum absolute atomic E-state index is 13.1. The van der Waals surface area contributed by atoms with Crippen LogP contribution < -0.4 is 10.5 Å². The number of amides is 1. The molecule has 114 valence electrons. The Kier molecular flexibility index (Phi) is 4.06. The zero-order valence-electron chi connectivity index (χ0n) is 12.0. The Bertz CT molecular complexity index is 673. The molecule has 0 aromatic heterocycles. The van der Waals surface area contributed by atoms with Crippen molar-refractivity contribution in [2.45, 2.75) is 12.5 Å². The Morgan fingerprint density at radius 1 is 1.18 bits per heavy atom. The normalized spacial score (nSPS) is 17.5. The van der Waals surface area contributed by atoms with Crippen molar-refractivity contribution in [3.63, 3.8) is 0 Å². The summed E-state index contributed by atoms with van der Waals surface area (Å²) >= 11 is 0. The van der Waals surface area contributed by atoms with Crippen molar-refractivity contribution in [3.8, 4) is 11.5 Å². The van der Waals surface area contributed by atoms with Gasteiger partial charge in [-0.1, -0.05) is 6.07 Å². The standard InChI is InChI=1S/C17H17FN2O2/c18-13-2-1-3-16(10-13)22-15-6-4-12(5-7-15)17(21)20-9-8-14(19)11-20/h1-7,10,14H,8-9,11,19H2/t14-/m0/s1. The zero-order chi connectivity index (χ0) is 15.5. The number of likely N-dealkylation sites (tertiary alicyclic amines) is 1. The minimum Gasteiger partial charge on any atom is -0.457 e. The monoisotopic (exact) mass is 300 g/mol. The lowest BCUT2D eigenvalue weighted by Gasteiger charge is -2.16. The molecule has 0 aliphatic carbocycles. The lowest BCUT2D eigenvalue weighted by atomic mass is 10.2. The van der Waals surface area contributed by atoms with Crippen molar-refractivity contribution in [1.29, 1.82) is 0 Å². The van der Waals surface area contributed by atoms with Gasteiger partial charge in [0.25, 0.3) is 5.91 Å². The second kappa shape index (κ2) is 6.15. The summed E-state index contributed by atoms with van der Waals surface area (Å²) in [5.41, 5.74) is 6.42. The highest BCUT2D eigenvalue weighted by atomic mass is 19.1. The zero-order valence-corrected chi connectivity index (χ0v) is 12.0. The predicted molar refractivity (Wildman–Crippen MR) is 81.4 cm³/mol. The molecule has 2 N–H and O–H groups in total. The van der Waals surface area contributed by atoms with Gasteiger partial charge in [-0.05, 0) is 42.8 Å². The molecule has 2 aromatic carbocycles. The van der Waals surface area contributed by atoms with Crippen molar-refractivity contribution in [3.05, 3.63) is 59.9 Å². The SMILES string of the molecule is N[C@H]1CCN(C(=O)c2ccc(Oc3cccc(F)c3)cc2)C1. The summed E-state index contributed by atoms with van der Waals surface area (Å²) < 4.78 is 18.7. The highest BCUT2D eigenvalue weighted by Crippen LogP contribution is 2.23. The quantitative estimate of drug-likeness (QED) is 0.948. The lowest BCUT2D eigenvalue weighted by molar-refractivity contribution is 0.0791. The highest BCUT2D eigenvalue weighted by Gasteiger charge is 2.24. The Morgan fingerprint density at radius 2 is 1.95 bits per heavy atom. The van der Waals surface area contributed by atoms with Crippen LogP contribution in [-0.2, 0) is 0 Å². The van der Waals surface area contributed by atoms with E-state index in [0.29, 0.717) is 30.2 Å². The molecule has 0 spiro atoms. The largest absolute Gasteiger partial charge is 0.457 e. The van der Waals surface area contributed by atoms with Gasteiger partial charge in [-0.15, -0.1) is 0 Å². The van der Waals surface area contributed by atoms with Crippen LogP contribution in [0.4, 0.5) is 4.39 Å². The van der Waals surface area contributed by atoms with E-state index in [1.165, 1.54) is 12.1 Å². The van der Waals surface area contributed by atoms with Crippen molar-refractivity contribution < 1.29 is 13.9 Å². The van der Waals surface area contributed by atoms with Gasteiger partial charge in [0.1, 0.15) is 17.3 Å². The van der Waals surface area contributed by atoms with Crippen LogP contribution in [0.2, 0.25) is 0 Å². The first-order valence-electron chi connectivity index (χ1n) is 7.20. The third-order valence-corrected chi connectivity index (χ3v) is 3.64. The van der Waals surface area contributed by atoms with Gasteiger partial charge in [0.05, 0.1) is 0 Å². The van der Waals surface area contributed by atoms with Crippen LogP contribution in [0.25, 0.3) is 0 Å². The number of hydrogen-bond acceptors (Lipinski definition) is 3. The number of carbonyl (C=O) groups excluding carboxylic acids is 1. The van der Waals surface area contributed by atoms with Crippen LogP contribution in [0.5, 0.6) is 11.5 Å². The fourth-order valence-electron chi connectivity index (χ4n) is 2.49. The first-order chi connectivity index (χ1) is 10.6. The molecule has 1 aliphatic heterocycles. The molecular formula is C17H17FN2O2. The Balaban J connectivity index is 1.69. The summed E-state index contributed by atoms with van der Waals surface area (Å²) in [7, 11) is 0. The number of rotatable bonds is 3. The van der Waals surface area contributed by atoms with Crippen molar-refractivity contribution in [2.24, 2.45) is 5.73 Å². The van der Waals surface area contributed by atoms with Crippen molar-refractivity contribution >= 4 is 5.91 Å². The molecular weight excluding hydrogens is 283 g/mol. The van der Waals surface area contributed by atoms with E-state index < -0.39 is 0 Å². The van der Waals surface area contributed by atoms with E-state index in [1.807, 2.05) is 0 Å². The van der Waals surface area contributed by atoms with Crippen LogP contribution in [-0.4, -0.2) is 29.9 Å². The number of carbonyl (C=O) groups is 1. The molecule has 0 bridgehead atoms. The van der Waals surface area contributed by atoms with Crippen molar-refractivity contribution in [2.75, 3.05) is 13.1 Å². The molecule has 1 fully saturated rings. The van der Waals surface area contributed by atoms with Crippen LogP contribution in [0, 0.1) is 5.82 Å². The average Bonchev–Trinajstić information content (AvgIpc) is 2.94. The maximum atomic E-state index is 13.1. The molecule has 1 atom stereocenters. The van der Waals surface area contributed by atoms with Crippen LogP contribution in [0.1, 0.15) is 16.8 Å². The number of ether oxygens (including phenoxy) is 1. The Hall–Kier alpha value is -2.40. The fraction of sp³-hybridized carbons (Fsp3) is 0.235. The molecule has 0 radical (unpaired) electrons. The van der Waals surface area contributed by atoms with E-state index in [1.54, 1.807) is 41.3 Å². The second-order valence-corrected chi connectivity index (χ2v) is 5.38. The third-order valence-electron chi connectivity index (χ3n) is 3.64. The molecule has 0 saturated carbocycles. The molecule has 1 heterocycles. The van der Waals surface area contributed by atoms with E-state index in [4.69, 9.17) is 10.5 Å². The molecule has 1 amide bonds. The van der Waals surface area contributed by atoms with Gasteiger partial charge in [-0.25, -0.2) is 4.39 Å². The third kappa shape index (κ3) is 3.26. The molecule has 1 saturated heterocycles. The predicted octanol–water partition coefficient (Wildman–Crippen LogP) is 2.79. The Morgan fingerprint density at radius 3 is 2.59 bits per heavy atom. The molecule has 22 heavy (non-hydrogen) atoms. The lowest BCUT2D eigenvalue weighted by Crippen LogP contribution is -2.31. The maximum Gasteiger partial charge on any atom is 0.253 e. The molecule has 5 heteroatoms. The van der Waals surface area contributed by atoms with Gasteiger partial charge in [0.2, 0.25) is 0 Å². The molecule has 4 nitrogen and oxygen atoms in total. The van der Waals surface area contributed by atoms with Gasteiger partial charge < -0.3 is 15.4 Å². The first kappa shape index (κ1) is 14.5. The minimum absolute atomic E-state index is 0.0229. The second-order valence-electron chi connectivity index (χ2n) is 5.38. The van der Waals surface area contributed by atoms with Crippen LogP contribution >= 0.6 is 0 Å².